The molecule has 3 rings (SSSR count). The molecule has 0 aliphatic carbocycles. The van der Waals surface area contributed by atoms with Crippen LogP contribution in [0, 0.1) is 0 Å². The van der Waals surface area contributed by atoms with Gasteiger partial charge in [-0.1, -0.05) is 17.3 Å². The lowest BCUT2D eigenvalue weighted by molar-refractivity contribution is -0.132. The van der Waals surface area contributed by atoms with E-state index in [1.165, 1.54) is 4.68 Å². The smallest absolute Gasteiger partial charge is 0.277 e. The highest BCUT2D eigenvalue weighted by atomic mass is 35.5. The molecule has 8 heteroatoms. The molecular formula is C15H20ClN5O2. The van der Waals surface area contributed by atoms with Crippen LogP contribution >= 0.6 is 12.4 Å². The van der Waals surface area contributed by atoms with Crippen LogP contribution in [0.4, 0.5) is 0 Å². The van der Waals surface area contributed by atoms with E-state index in [1.54, 1.807) is 18.2 Å². The summed E-state index contributed by atoms with van der Waals surface area (Å²) in [4.78, 5) is 26.4. The monoisotopic (exact) mass is 337 g/mol. The van der Waals surface area contributed by atoms with Crippen molar-refractivity contribution in [1.82, 2.24) is 19.9 Å². The molecule has 2 N–H and O–H groups in total. The van der Waals surface area contributed by atoms with Crippen molar-refractivity contribution in [2.24, 2.45) is 5.73 Å². The highest BCUT2D eigenvalue weighted by Gasteiger charge is 2.27. The quantitative estimate of drug-likeness (QED) is 0.879. The van der Waals surface area contributed by atoms with Gasteiger partial charge < -0.3 is 10.6 Å². The number of amides is 1. The number of benzene rings is 1. The number of aromatic nitrogens is 3. The Morgan fingerprint density at radius 2 is 2.13 bits per heavy atom. The maximum absolute atomic E-state index is 12.3. The van der Waals surface area contributed by atoms with Crippen molar-refractivity contribution in [3.05, 3.63) is 34.6 Å². The van der Waals surface area contributed by atoms with Gasteiger partial charge in [0, 0.05) is 25.6 Å². The van der Waals surface area contributed by atoms with Gasteiger partial charge in [0.05, 0.1) is 11.9 Å². The largest absolute Gasteiger partial charge is 0.338 e. The van der Waals surface area contributed by atoms with E-state index >= 15 is 0 Å². The lowest BCUT2D eigenvalue weighted by Crippen LogP contribution is -2.40. The number of halogens is 1. The Balaban J connectivity index is 0.00000192. The zero-order chi connectivity index (χ0) is 15.5. The summed E-state index contributed by atoms with van der Waals surface area (Å²) in [5, 5.41) is 8.44. The van der Waals surface area contributed by atoms with Gasteiger partial charge in [-0.2, -0.15) is 0 Å². The van der Waals surface area contributed by atoms with E-state index < -0.39 is 0 Å². The predicted octanol–water partition coefficient (Wildman–Crippen LogP) is 0.553. The van der Waals surface area contributed by atoms with Crippen molar-refractivity contribution in [3.63, 3.8) is 0 Å². The molecule has 7 nitrogen and oxygen atoms in total. The number of carbonyl (C=O) groups is 1. The summed E-state index contributed by atoms with van der Waals surface area (Å²) in [7, 11) is 0. The molecule has 1 aliphatic rings. The van der Waals surface area contributed by atoms with Crippen LogP contribution in [0.2, 0.25) is 0 Å². The van der Waals surface area contributed by atoms with E-state index in [0.717, 1.165) is 19.4 Å². The fourth-order valence-electron chi connectivity index (χ4n) is 2.92. The zero-order valence-corrected chi connectivity index (χ0v) is 13.5. The van der Waals surface area contributed by atoms with E-state index in [0.29, 0.717) is 17.4 Å². The van der Waals surface area contributed by atoms with Crippen LogP contribution in [0.25, 0.3) is 10.9 Å². The minimum absolute atomic E-state index is 0. The summed E-state index contributed by atoms with van der Waals surface area (Å²) in [6.07, 6.45) is 2.19. The zero-order valence-electron chi connectivity index (χ0n) is 12.7. The minimum atomic E-state index is -0.213. The van der Waals surface area contributed by atoms with Gasteiger partial charge in [0.1, 0.15) is 5.52 Å². The second-order valence-corrected chi connectivity index (χ2v) is 5.50. The number of hydrogen-bond acceptors (Lipinski definition) is 5. The van der Waals surface area contributed by atoms with Gasteiger partial charge in [0.25, 0.3) is 5.56 Å². The van der Waals surface area contributed by atoms with Gasteiger partial charge in [-0.3, -0.25) is 9.59 Å². The number of rotatable bonds is 4. The van der Waals surface area contributed by atoms with Crippen molar-refractivity contribution >= 4 is 29.2 Å². The molecule has 0 saturated carbocycles. The summed E-state index contributed by atoms with van der Waals surface area (Å²) in [5.41, 5.74) is 6.04. The topological polar surface area (TPSA) is 94.1 Å². The first kappa shape index (κ1) is 17.4. The Morgan fingerprint density at radius 1 is 1.35 bits per heavy atom. The van der Waals surface area contributed by atoms with E-state index in [2.05, 4.69) is 10.3 Å². The van der Waals surface area contributed by atoms with Crippen molar-refractivity contribution in [2.45, 2.75) is 31.8 Å². The molecule has 1 unspecified atom stereocenters. The van der Waals surface area contributed by atoms with Crippen molar-refractivity contribution in [2.75, 3.05) is 13.1 Å². The Labute approximate surface area is 139 Å². The standard InChI is InChI=1S/C15H19N5O2.ClH/c16-10-11-4-3-8-19(11)14(21)7-9-20-15(22)12-5-1-2-6-13(12)17-18-20;/h1-2,5-6,11H,3-4,7-10,16H2;1H. The normalized spacial score (nSPS) is 17.3. The first-order chi connectivity index (χ1) is 10.7. The highest BCUT2D eigenvalue weighted by molar-refractivity contribution is 5.85. The number of fused-ring (bicyclic) bond motifs is 1. The molecule has 0 radical (unpaired) electrons. The summed E-state index contributed by atoms with van der Waals surface area (Å²) >= 11 is 0. The number of hydrogen-bond donors (Lipinski definition) is 1. The summed E-state index contributed by atoms with van der Waals surface area (Å²) in [6, 6.07) is 7.19. The Hall–Kier alpha value is -1.99. The van der Waals surface area contributed by atoms with Gasteiger partial charge in [-0.05, 0) is 25.0 Å². The molecule has 1 aromatic heterocycles. The predicted molar refractivity (Wildman–Crippen MR) is 89.5 cm³/mol. The maximum Gasteiger partial charge on any atom is 0.277 e. The van der Waals surface area contributed by atoms with Gasteiger partial charge in [-0.25, -0.2) is 4.68 Å². The number of likely N-dealkylation sites (tertiary alicyclic amines) is 1. The van der Waals surface area contributed by atoms with E-state index in [9.17, 15) is 9.59 Å². The number of nitrogens with zero attached hydrogens (tertiary/aromatic N) is 4. The average molecular weight is 338 g/mol. The lowest BCUT2D eigenvalue weighted by atomic mass is 10.2. The molecule has 2 aromatic rings. The van der Waals surface area contributed by atoms with Crippen LogP contribution in [-0.4, -0.2) is 44.9 Å². The second-order valence-electron chi connectivity index (χ2n) is 5.50. The lowest BCUT2D eigenvalue weighted by Gasteiger charge is -2.23. The Kier molecular flexibility index (Phi) is 5.68. The third kappa shape index (κ3) is 3.51. The Morgan fingerprint density at radius 3 is 2.91 bits per heavy atom. The Bertz CT molecular complexity index is 748. The molecule has 23 heavy (non-hydrogen) atoms. The fourth-order valence-corrected chi connectivity index (χ4v) is 2.92. The van der Waals surface area contributed by atoms with E-state index in [1.807, 2.05) is 11.0 Å². The van der Waals surface area contributed by atoms with Crippen LogP contribution in [0.3, 0.4) is 0 Å². The number of aryl methyl sites for hydroxylation is 1. The number of carbonyl (C=O) groups excluding carboxylic acids is 1. The molecule has 2 heterocycles. The summed E-state index contributed by atoms with van der Waals surface area (Å²) in [6.45, 7) is 1.48. The van der Waals surface area contributed by atoms with E-state index in [-0.39, 0.29) is 42.9 Å². The number of nitrogens with two attached hydrogens (primary N) is 1. The van der Waals surface area contributed by atoms with Crippen LogP contribution in [0.5, 0.6) is 0 Å². The molecular weight excluding hydrogens is 318 g/mol. The molecule has 1 atom stereocenters. The fraction of sp³-hybridized carbons (Fsp3) is 0.467. The van der Waals surface area contributed by atoms with Gasteiger partial charge in [-0.15, -0.1) is 17.5 Å². The third-order valence-corrected chi connectivity index (χ3v) is 4.14. The van der Waals surface area contributed by atoms with Crippen LogP contribution in [-0.2, 0) is 11.3 Å². The van der Waals surface area contributed by atoms with Crippen molar-refractivity contribution in [3.8, 4) is 0 Å². The van der Waals surface area contributed by atoms with Crippen molar-refractivity contribution in [1.29, 1.82) is 0 Å². The van der Waals surface area contributed by atoms with Crippen LogP contribution < -0.4 is 11.3 Å². The molecule has 0 bridgehead atoms. The summed E-state index contributed by atoms with van der Waals surface area (Å²) in [5.74, 6) is 0.0230. The SMILES string of the molecule is Cl.NCC1CCCN1C(=O)CCn1nnc2ccccc2c1=O. The van der Waals surface area contributed by atoms with Crippen molar-refractivity contribution < 1.29 is 4.79 Å². The molecule has 0 spiro atoms. The minimum Gasteiger partial charge on any atom is -0.338 e. The second kappa shape index (κ2) is 7.52. The van der Waals surface area contributed by atoms with Crippen LogP contribution in [0.15, 0.2) is 29.1 Å². The first-order valence-electron chi connectivity index (χ1n) is 7.53. The summed E-state index contributed by atoms with van der Waals surface area (Å²) < 4.78 is 1.26. The molecule has 1 amide bonds. The maximum atomic E-state index is 12.3. The first-order valence-corrected chi connectivity index (χ1v) is 7.53. The van der Waals surface area contributed by atoms with Gasteiger partial charge in [0.15, 0.2) is 0 Å². The van der Waals surface area contributed by atoms with Gasteiger partial charge >= 0.3 is 0 Å². The average Bonchev–Trinajstić information content (AvgIpc) is 3.03. The third-order valence-electron chi connectivity index (χ3n) is 4.14. The molecule has 1 saturated heterocycles. The molecule has 124 valence electrons. The highest BCUT2D eigenvalue weighted by Crippen LogP contribution is 2.17. The molecule has 1 aliphatic heterocycles. The molecule has 1 fully saturated rings. The van der Waals surface area contributed by atoms with Crippen LogP contribution in [0.1, 0.15) is 19.3 Å². The molecule has 1 aromatic carbocycles. The van der Waals surface area contributed by atoms with E-state index in [4.69, 9.17) is 5.73 Å². The van der Waals surface area contributed by atoms with Gasteiger partial charge in [0.2, 0.25) is 5.91 Å².